The standard InChI is InChI=1S/C10H15ClN2O/c1-7(6-14-3)13-9-4-5-12-8(2)10(9)11/h4-5,7H,6H2,1-3H3,(H,12,13). The number of anilines is 1. The van der Waals surface area contributed by atoms with E-state index in [-0.39, 0.29) is 6.04 Å². The third-order valence-electron chi connectivity index (χ3n) is 1.88. The van der Waals surface area contributed by atoms with E-state index in [1.807, 2.05) is 19.9 Å². The summed E-state index contributed by atoms with van der Waals surface area (Å²) in [5.74, 6) is 0. The molecule has 3 nitrogen and oxygen atoms in total. The molecule has 0 aliphatic heterocycles. The Hall–Kier alpha value is -0.800. The minimum Gasteiger partial charge on any atom is -0.383 e. The van der Waals surface area contributed by atoms with E-state index < -0.39 is 0 Å². The second kappa shape index (κ2) is 5.17. The molecule has 1 atom stereocenters. The molecule has 0 bridgehead atoms. The summed E-state index contributed by atoms with van der Waals surface area (Å²) in [7, 11) is 1.68. The van der Waals surface area contributed by atoms with Crippen molar-refractivity contribution in [1.29, 1.82) is 0 Å². The van der Waals surface area contributed by atoms with Gasteiger partial charge in [0.25, 0.3) is 0 Å². The van der Waals surface area contributed by atoms with Gasteiger partial charge >= 0.3 is 0 Å². The third kappa shape index (κ3) is 2.86. The van der Waals surface area contributed by atoms with E-state index in [0.717, 1.165) is 11.4 Å². The molecular weight excluding hydrogens is 200 g/mol. The number of halogens is 1. The van der Waals surface area contributed by atoms with Gasteiger partial charge in [0, 0.05) is 19.3 Å². The summed E-state index contributed by atoms with van der Waals surface area (Å²) in [5.41, 5.74) is 1.74. The lowest BCUT2D eigenvalue weighted by Gasteiger charge is -2.15. The molecule has 1 aromatic rings. The molecule has 0 radical (unpaired) electrons. The molecule has 0 aromatic carbocycles. The molecule has 1 heterocycles. The highest BCUT2D eigenvalue weighted by molar-refractivity contribution is 6.33. The van der Waals surface area contributed by atoms with E-state index in [1.54, 1.807) is 13.3 Å². The Morgan fingerprint density at radius 1 is 1.64 bits per heavy atom. The smallest absolute Gasteiger partial charge is 0.0849 e. The molecule has 1 N–H and O–H groups in total. The molecule has 1 rings (SSSR count). The van der Waals surface area contributed by atoms with Crippen LogP contribution >= 0.6 is 11.6 Å². The van der Waals surface area contributed by atoms with Gasteiger partial charge in [-0.25, -0.2) is 0 Å². The van der Waals surface area contributed by atoms with E-state index in [0.29, 0.717) is 11.6 Å². The molecule has 0 aliphatic rings. The van der Waals surface area contributed by atoms with Crippen molar-refractivity contribution in [2.45, 2.75) is 19.9 Å². The number of pyridine rings is 1. The average molecular weight is 215 g/mol. The fourth-order valence-electron chi connectivity index (χ4n) is 1.22. The molecule has 1 aromatic heterocycles. The number of ether oxygens (including phenoxy) is 1. The van der Waals surface area contributed by atoms with Crippen LogP contribution < -0.4 is 5.32 Å². The zero-order chi connectivity index (χ0) is 10.6. The minimum absolute atomic E-state index is 0.235. The van der Waals surface area contributed by atoms with Gasteiger partial charge in [0.15, 0.2) is 0 Å². The fraction of sp³-hybridized carbons (Fsp3) is 0.500. The second-order valence-electron chi connectivity index (χ2n) is 3.26. The summed E-state index contributed by atoms with van der Waals surface area (Å²) in [5, 5.41) is 3.93. The van der Waals surface area contributed by atoms with Crippen molar-refractivity contribution in [3.63, 3.8) is 0 Å². The number of nitrogens with zero attached hydrogens (tertiary/aromatic N) is 1. The first-order valence-electron chi connectivity index (χ1n) is 4.51. The van der Waals surface area contributed by atoms with Crippen molar-refractivity contribution in [3.05, 3.63) is 23.0 Å². The highest BCUT2D eigenvalue weighted by Crippen LogP contribution is 2.23. The predicted octanol–water partition coefficient (Wildman–Crippen LogP) is 2.49. The highest BCUT2D eigenvalue weighted by atomic mass is 35.5. The molecule has 0 aliphatic carbocycles. The van der Waals surface area contributed by atoms with Gasteiger partial charge in [-0.15, -0.1) is 0 Å². The number of hydrogen-bond donors (Lipinski definition) is 1. The summed E-state index contributed by atoms with van der Waals surface area (Å²) >= 11 is 6.07. The number of rotatable bonds is 4. The Morgan fingerprint density at radius 2 is 2.36 bits per heavy atom. The van der Waals surface area contributed by atoms with Crippen LogP contribution in [0.4, 0.5) is 5.69 Å². The van der Waals surface area contributed by atoms with Crippen LogP contribution in [0.1, 0.15) is 12.6 Å². The number of hydrogen-bond acceptors (Lipinski definition) is 3. The molecule has 78 valence electrons. The largest absolute Gasteiger partial charge is 0.383 e. The van der Waals surface area contributed by atoms with Gasteiger partial charge in [0.1, 0.15) is 0 Å². The average Bonchev–Trinajstić information content (AvgIpc) is 2.13. The van der Waals surface area contributed by atoms with Gasteiger partial charge < -0.3 is 10.1 Å². The number of aromatic nitrogens is 1. The van der Waals surface area contributed by atoms with Gasteiger partial charge in [-0.2, -0.15) is 0 Å². The van der Waals surface area contributed by atoms with Crippen molar-refractivity contribution in [2.24, 2.45) is 0 Å². The Morgan fingerprint density at radius 3 is 3.00 bits per heavy atom. The van der Waals surface area contributed by atoms with Crippen molar-refractivity contribution < 1.29 is 4.74 Å². The van der Waals surface area contributed by atoms with Crippen LogP contribution in [0, 0.1) is 6.92 Å². The maximum Gasteiger partial charge on any atom is 0.0849 e. The summed E-state index contributed by atoms with van der Waals surface area (Å²) in [4.78, 5) is 4.09. The Kier molecular flexibility index (Phi) is 4.17. The fourth-order valence-corrected chi connectivity index (χ4v) is 1.38. The van der Waals surface area contributed by atoms with Crippen LogP contribution in [0.3, 0.4) is 0 Å². The summed E-state index contributed by atoms with van der Waals surface area (Å²) in [6.45, 7) is 4.57. The number of nitrogens with one attached hydrogen (secondary N) is 1. The highest BCUT2D eigenvalue weighted by Gasteiger charge is 2.06. The van der Waals surface area contributed by atoms with E-state index in [1.165, 1.54) is 0 Å². The number of methoxy groups -OCH3 is 1. The Bertz CT molecular complexity index is 304. The molecule has 1 unspecified atom stereocenters. The molecule has 0 spiro atoms. The Balaban J connectivity index is 2.71. The summed E-state index contributed by atoms with van der Waals surface area (Å²) in [6.07, 6.45) is 1.74. The first kappa shape index (κ1) is 11.3. The van der Waals surface area contributed by atoms with Gasteiger partial charge in [-0.1, -0.05) is 11.6 Å². The van der Waals surface area contributed by atoms with E-state index in [4.69, 9.17) is 16.3 Å². The molecule has 0 saturated carbocycles. The van der Waals surface area contributed by atoms with E-state index in [9.17, 15) is 0 Å². The van der Waals surface area contributed by atoms with Crippen LogP contribution in [-0.4, -0.2) is 24.7 Å². The third-order valence-corrected chi connectivity index (χ3v) is 2.36. The quantitative estimate of drug-likeness (QED) is 0.836. The first-order valence-corrected chi connectivity index (χ1v) is 4.89. The lowest BCUT2D eigenvalue weighted by molar-refractivity contribution is 0.190. The Labute approximate surface area is 89.4 Å². The van der Waals surface area contributed by atoms with Crippen molar-refractivity contribution in [2.75, 3.05) is 19.0 Å². The summed E-state index contributed by atoms with van der Waals surface area (Å²) < 4.78 is 5.02. The SMILES string of the molecule is COCC(C)Nc1ccnc(C)c1Cl. The monoisotopic (exact) mass is 214 g/mol. The zero-order valence-corrected chi connectivity index (χ0v) is 9.43. The van der Waals surface area contributed by atoms with E-state index in [2.05, 4.69) is 10.3 Å². The molecular formula is C10H15ClN2O. The van der Waals surface area contributed by atoms with Crippen LogP contribution in [0.15, 0.2) is 12.3 Å². The van der Waals surface area contributed by atoms with Crippen LogP contribution in [0.25, 0.3) is 0 Å². The maximum absolute atomic E-state index is 6.07. The zero-order valence-electron chi connectivity index (χ0n) is 8.67. The normalized spacial score (nSPS) is 12.6. The lowest BCUT2D eigenvalue weighted by atomic mass is 10.3. The van der Waals surface area contributed by atoms with Gasteiger partial charge in [-0.3, -0.25) is 4.98 Å². The minimum atomic E-state index is 0.235. The van der Waals surface area contributed by atoms with Crippen molar-refractivity contribution in [1.82, 2.24) is 4.98 Å². The first-order chi connectivity index (χ1) is 6.65. The molecule has 4 heteroatoms. The van der Waals surface area contributed by atoms with Crippen LogP contribution in [0.2, 0.25) is 5.02 Å². The van der Waals surface area contributed by atoms with Crippen molar-refractivity contribution in [3.8, 4) is 0 Å². The van der Waals surface area contributed by atoms with Crippen LogP contribution in [-0.2, 0) is 4.74 Å². The van der Waals surface area contributed by atoms with Gasteiger partial charge in [0.2, 0.25) is 0 Å². The van der Waals surface area contributed by atoms with E-state index >= 15 is 0 Å². The molecule has 0 fully saturated rings. The predicted molar refractivity (Wildman–Crippen MR) is 58.9 cm³/mol. The molecule has 14 heavy (non-hydrogen) atoms. The van der Waals surface area contributed by atoms with Gasteiger partial charge in [-0.05, 0) is 19.9 Å². The van der Waals surface area contributed by atoms with Gasteiger partial charge in [0.05, 0.1) is 23.0 Å². The van der Waals surface area contributed by atoms with Crippen molar-refractivity contribution >= 4 is 17.3 Å². The molecule has 0 saturated heterocycles. The van der Waals surface area contributed by atoms with Crippen LogP contribution in [0.5, 0.6) is 0 Å². The molecule has 0 amide bonds. The lowest BCUT2D eigenvalue weighted by Crippen LogP contribution is -2.21. The maximum atomic E-state index is 6.07. The second-order valence-corrected chi connectivity index (χ2v) is 3.64. The summed E-state index contributed by atoms with van der Waals surface area (Å²) in [6, 6.07) is 2.10. The number of aryl methyl sites for hydroxylation is 1. The topological polar surface area (TPSA) is 34.1 Å².